The van der Waals surface area contributed by atoms with Crippen LogP contribution in [-0.4, -0.2) is 27.6 Å². The first-order chi connectivity index (χ1) is 9.56. The number of anilines is 1. The van der Waals surface area contributed by atoms with Gasteiger partial charge in [0.05, 0.1) is 17.4 Å². The molecule has 1 N–H and O–H groups in total. The lowest BCUT2D eigenvalue weighted by Gasteiger charge is -2.08. The number of hydrogen-bond acceptors (Lipinski definition) is 7. The first-order valence-corrected chi connectivity index (χ1v) is 7.44. The van der Waals surface area contributed by atoms with Gasteiger partial charge in [-0.1, -0.05) is 11.8 Å². The van der Waals surface area contributed by atoms with Crippen molar-refractivity contribution >= 4 is 40.1 Å². The number of rotatable bonds is 5. The van der Waals surface area contributed by atoms with Crippen LogP contribution in [0.1, 0.15) is 16.1 Å². The molecule has 2 aromatic heterocycles. The highest BCUT2D eigenvalue weighted by Gasteiger charge is 2.10. The summed E-state index contributed by atoms with van der Waals surface area (Å²) in [5, 5.41) is 16.1. The Kier molecular flexibility index (Phi) is 4.70. The molecule has 0 unspecified atom stereocenters. The Morgan fingerprint density at radius 1 is 1.50 bits per heavy atom. The maximum Gasteiger partial charge on any atom is 0.236 e. The summed E-state index contributed by atoms with van der Waals surface area (Å²) in [5.41, 5.74) is 0.817. The number of amides is 1. The van der Waals surface area contributed by atoms with Crippen LogP contribution < -0.4 is 10.4 Å². The molecular formula is C12H10N3O3S2-. The van der Waals surface area contributed by atoms with Crippen molar-refractivity contribution in [1.82, 2.24) is 9.97 Å². The summed E-state index contributed by atoms with van der Waals surface area (Å²) >= 11 is 2.38. The number of carboxylic acid groups (broad SMARTS) is 1. The van der Waals surface area contributed by atoms with E-state index in [0.717, 1.165) is 17.5 Å². The average molecular weight is 308 g/mol. The first kappa shape index (κ1) is 14.5. The second-order valence-electron chi connectivity index (χ2n) is 3.77. The summed E-state index contributed by atoms with van der Waals surface area (Å²) in [6, 6.07) is 2.90. The number of aromatic nitrogens is 2. The van der Waals surface area contributed by atoms with Crippen molar-refractivity contribution in [2.24, 2.45) is 0 Å². The highest BCUT2D eigenvalue weighted by molar-refractivity contribution is 8.00. The third-order valence-corrected chi connectivity index (χ3v) is 4.08. The van der Waals surface area contributed by atoms with Crippen LogP contribution in [0.15, 0.2) is 28.7 Å². The number of aryl methyl sites for hydroxylation is 1. The molecule has 0 saturated carbocycles. The minimum atomic E-state index is -1.31. The predicted molar refractivity (Wildman–Crippen MR) is 74.8 cm³/mol. The largest absolute Gasteiger partial charge is 0.545 e. The zero-order chi connectivity index (χ0) is 14.5. The van der Waals surface area contributed by atoms with Gasteiger partial charge in [0.2, 0.25) is 5.91 Å². The van der Waals surface area contributed by atoms with Crippen molar-refractivity contribution in [2.75, 3.05) is 11.1 Å². The number of carbonyl (C=O) groups is 2. The molecule has 2 rings (SSSR count). The minimum absolute atomic E-state index is 0.0182. The summed E-state index contributed by atoms with van der Waals surface area (Å²) in [7, 11) is 0. The van der Waals surface area contributed by atoms with Crippen LogP contribution in [0.3, 0.4) is 0 Å². The SMILES string of the molecule is Cc1csc(NC(=O)CSc2ncccc2C(=O)[O-])n1. The van der Waals surface area contributed by atoms with Gasteiger partial charge in [0.15, 0.2) is 5.13 Å². The number of carbonyl (C=O) groups excluding carboxylic acids is 2. The van der Waals surface area contributed by atoms with E-state index in [1.807, 2.05) is 12.3 Å². The van der Waals surface area contributed by atoms with Gasteiger partial charge in [-0.3, -0.25) is 4.79 Å². The number of nitrogens with one attached hydrogen (secondary N) is 1. The Morgan fingerprint density at radius 3 is 2.95 bits per heavy atom. The molecule has 0 aliphatic carbocycles. The number of nitrogens with zero attached hydrogens (tertiary/aromatic N) is 2. The monoisotopic (exact) mass is 308 g/mol. The summed E-state index contributed by atoms with van der Waals surface area (Å²) in [5.74, 6) is -1.52. The Hall–Kier alpha value is -1.93. The Labute approximate surface area is 123 Å². The zero-order valence-electron chi connectivity index (χ0n) is 10.5. The van der Waals surface area contributed by atoms with E-state index < -0.39 is 5.97 Å². The quantitative estimate of drug-likeness (QED) is 0.826. The van der Waals surface area contributed by atoms with E-state index in [4.69, 9.17) is 0 Å². The molecule has 0 aliphatic heterocycles. The summed E-state index contributed by atoms with van der Waals surface area (Å²) in [6.45, 7) is 1.83. The maximum atomic E-state index is 11.7. The lowest BCUT2D eigenvalue weighted by molar-refractivity contribution is -0.255. The summed E-state index contributed by atoms with van der Waals surface area (Å²) in [6.07, 6.45) is 1.47. The highest BCUT2D eigenvalue weighted by Crippen LogP contribution is 2.20. The number of thioether (sulfide) groups is 1. The molecule has 20 heavy (non-hydrogen) atoms. The minimum Gasteiger partial charge on any atom is -0.545 e. The Morgan fingerprint density at radius 2 is 2.30 bits per heavy atom. The van der Waals surface area contributed by atoms with Crippen LogP contribution >= 0.6 is 23.1 Å². The van der Waals surface area contributed by atoms with Crippen molar-refractivity contribution in [3.8, 4) is 0 Å². The molecule has 1 amide bonds. The molecule has 104 valence electrons. The number of hydrogen-bond donors (Lipinski definition) is 1. The molecule has 8 heteroatoms. The van der Waals surface area contributed by atoms with E-state index in [0.29, 0.717) is 5.13 Å². The molecule has 0 aliphatic rings. The predicted octanol–water partition coefficient (Wildman–Crippen LogP) is 0.941. The van der Waals surface area contributed by atoms with E-state index >= 15 is 0 Å². The molecule has 0 aromatic carbocycles. The van der Waals surface area contributed by atoms with Crippen molar-refractivity contribution < 1.29 is 14.7 Å². The van der Waals surface area contributed by atoms with Crippen molar-refractivity contribution in [1.29, 1.82) is 0 Å². The van der Waals surface area contributed by atoms with Crippen molar-refractivity contribution in [2.45, 2.75) is 11.9 Å². The molecule has 0 fully saturated rings. The molecular weight excluding hydrogens is 298 g/mol. The molecule has 2 heterocycles. The third-order valence-electron chi connectivity index (χ3n) is 2.20. The van der Waals surface area contributed by atoms with Crippen molar-refractivity contribution in [3.63, 3.8) is 0 Å². The van der Waals surface area contributed by atoms with Gasteiger partial charge in [0.25, 0.3) is 0 Å². The van der Waals surface area contributed by atoms with E-state index in [2.05, 4.69) is 15.3 Å². The van der Waals surface area contributed by atoms with E-state index in [-0.39, 0.29) is 22.2 Å². The van der Waals surface area contributed by atoms with Gasteiger partial charge in [0, 0.05) is 17.1 Å². The van der Waals surface area contributed by atoms with Gasteiger partial charge >= 0.3 is 0 Å². The van der Waals surface area contributed by atoms with Gasteiger partial charge in [-0.05, 0) is 19.1 Å². The topological polar surface area (TPSA) is 95.0 Å². The Bertz CT molecular complexity index is 642. The van der Waals surface area contributed by atoms with Crippen LogP contribution in [0.4, 0.5) is 5.13 Å². The fourth-order valence-corrected chi connectivity index (χ4v) is 2.85. The van der Waals surface area contributed by atoms with Crippen molar-refractivity contribution in [3.05, 3.63) is 35.0 Å². The second-order valence-corrected chi connectivity index (χ2v) is 5.60. The maximum absolute atomic E-state index is 11.7. The van der Waals surface area contributed by atoms with Crippen LogP contribution in [0.5, 0.6) is 0 Å². The van der Waals surface area contributed by atoms with E-state index in [1.165, 1.54) is 29.7 Å². The smallest absolute Gasteiger partial charge is 0.236 e. The van der Waals surface area contributed by atoms with Gasteiger partial charge in [-0.15, -0.1) is 11.3 Å². The van der Waals surface area contributed by atoms with Gasteiger partial charge in [-0.25, -0.2) is 9.97 Å². The van der Waals surface area contributed by atoms with Gasteiger partial charge < -0.3 is 15.2 Å². The van der Waals surface area contributed by atoms with E-state index in [1.54, 1.807) is 0 Å². The van der Waals surface area contributed by atoms with E-state index in [9.17, 15) is 14.7 Å². The second kappa shape index (κ2) is 6.49. The normalized spacial score (nSPS) is 10.2. The molecule has 2 aromatic rings. The summed E-state index contributed by atoms with van der Waals surface area (Å²) < 4.78 is 0. The number of pyridine rings is 1. The van der Waals surface area contributed by atoms with Crippen LogP contribution in [0.2, 0.25) is 0 Å². The standard InChI is InChI=1S/C12H11N3O3S2/c1-7-5-20-12(14-7)15-9(16)6-19-10-8(11(17)18)3-2-4-13-10/h2-5H,6H2,1H3,(H,17,18)(H,14,15,16)/p-1. The Balaban J connectivity index is 1.95. The molecule has 0 saturated heterocycles. The number of carboxylic acids is 1. The fourth-order valence-electron chi connectivity index (χ4n) is 1.36. The lowest BCUT2D eigenvalue weighted by atomic mass is 10.3. The summed E-state index contributed by atoms with van der Waals surface area (Å²) in [4.78, 5) is 30.6. The zero-order valence-corrected chi connectivity index (χ0v) is 12.1. The fraction of sp³-hybridized carbons (Fsp3) is 0.167. The van der Waals surface area contributed by atoms with Crippen LogP contribution in [0, 0.1) is 6.92 Å². The average Bonchev–Trinajstić information content (AvgIpc) is 2.82. The first-order valence-electron chi connectivity index (χ1n) is 5.57. The van der Waals surface area contributed by atoms with Crippen LogP contribution in [0.25, 0.3) is 0 Å². The van der Waals surface area contributed by atoms with Crippen LogP contribution in [-0.2, 0) is 4.79 Å². The third kappa shape index (κ3) is 3.78. The molecule has 0 atom stereocenters. The number of thiazole rings is 1. The molecule has 0 bridgehead atoms. The molecule has 0 radical (unpaired) electrons. The number of aromatic carboxylic acids is 1. The lowest BCUT2D eigenvalue weighted by Crippen LogP contribution is -2.23. The van der Waals surface area contributed by atoms with Gasteiger partial charge in [0.1, 0.15) is 5.03 Å². The molecule has 6 nitrogen and oxygen atoms in total. The highest BCUT2D eigenvalue weighted by atomic mass is 32.2. The molecule has 0 spiro atoms. The van der Waals surface area contributed by atoms with Gasteiger partial charge in [-0.2, -0.15) is 0 Å².